The summed E-state index contributed by atoms with van der Waals surface area (Å²) in [5.41, 5.74) is 6.25. The van der Waals surface area contributed by atoms with Gasteiger partial charge in [0.25, 0.3) is 0 Å². The molecule has 0 spiro atoms. The standard InChI is InChI=1S/C21H19N3/c1-16-20(6-4-12-24-16)15-23-14-17-8-10-18(11-9-17)21-7-3-2-5-19(21)13-22/h2-12,23H,14-15H2,1H3. The first kappa shape index (κ1) is 15.9. The van der Waals surface area contributed by atoms with Gasteiger partial charge >= 0.3 is 0 Å². The topological polar surface area (TPSA) is 48.7 Å². The number of pyridine rings is 1. The Morgan fingerprint density at radius 3 is 2.50 bits per heavy atom. The number of nitrogens with one attached hydrogen (secondary N) is 1. The number of hydrogen-bond donors (Lipinski definition) is 1. The van der Waals surface area contributed by atoms with Gasteiger partial charge in [0.15, 0.2) is 0 Å². The van der Waals surface area contributed by atoms with Gasteiger partial charge in [-0.05, 0) is 41.3 Å². The van der Waals surface area contributed by atoms with Crippen molar-refractivity contribution in [2.45, 2.75) is 20.0 Å². The summed E-state index contributed by atoms with van der Waals surface area (Å²) in [4.78, 5) is 4.30. The van der Waals surface area contributed by atoms with E-state index in [1.54, 1.807) is 0 Å². The molecular formula is C21H19N3. The number of nitriles is 1. The van der Waals surface area contributed by atoms with Crippen molar-refractivity contribution >= 4 is 0 Å². The summed E-state index contributed by atoms with van der Waals surface area (Å²) in [5.74, 6) is 0. The van der Waals surface area contributed by atoms with E-state index in [-0.39, 0.29) is 0 Å². The summed E-state index contributed by atoms with van der Waals surface area (Å²) < 4.78 is 0. The van der Waals surface area contributed by atoms with Crippen LogP contribution >= 0.6 is 0 Å². The third-order valence-corrected chi connectivity index (χ3v) is 4.07. The molecule has 0 atom stereocenters. The molecule has 3 rings (SSSR count). The molecule has 0 unspecified atom stereocenters. The Kier molecular flexibility index (Phi) is 5.00. The van der Waals surface area contributed by atoms with Crippen LogP contribution in [-0.4, -0.2) is 4.98 Å². The predicted octanol–water partition coefficient (Wildman–Crippen LogP) is 4.22. The minimum atomic E-state index is 0.704. The van der Waals surface area contributed by atoms with Crippen molar-refractivity contribution in [1.29, 1.82) is 5.26 Å². The summed E-state index contributed by atoms with van der Waals surface area (Å²) in [5, 5.41) is 12.7. The molecule has 0 bridgehead atoms. The zero-order chi connectivity index (χ0) is 16.8. The number of benzene rings is 2. The van der Waals surface area contributed by atoms with Gasteiger partial charge in [0.1, 0.15) is 0 Å². The number of hydrogen-bond acceptors (Lipinski definition) is 3. The molecule has 3 aromatic rings. The average molecular weight is 313 g/mol. The van der Waals surface area contributed by atoms with Crippen molar-refractivity contribution in [2.75, 3.05) is 0 Å². The van der Waals surface area contributed by atoms with Crippen molar-refractivity contribution in [1.82, 2.24) is 10.3 Å². The molecular weight excluding hydrogens is 294 g/mol. The first-order valence-corrected chi connectivity index (χ1v) is 7.97. The van der Waals surface area contributed by atoms with Gasteiger partial charge in [0.05, 0.1) is 11.6 Å². The van der Waals surface area contributed by atoms with Gasteiger partial charge in [-0.1, -0.05) is 48.5 Å². The van der Waals surface area contributed by atoms with Gasteiger partial charge in [-0.3, -0.25) is 4.98 Å². The lowest BCUT2D eigenvalue weighted by molar-refractivity contribution is 0.688. The van der Waals surface area contributed by atoms with Gasteiger partial charge in [-0.15, -0.1) is 0 Å². The van der Waals surface area contributed by atoms with E-state index in [1.165, 1.54) is 11.1 Å². The molecule has 0 fully saturated rings. The second-order valence-corrected chi connectivity index (χ2v) is 5.71. The van der Waals surface area contributed by atoms with Crippen LogP contribution < -0.4 is 5.32 Å². The highest BCUT2D eigenvalue weighted by atomic mass is 14.9. The van der Waals surface area contributed by atoms with E-state index in [0.29, 0.717) is 5.56 Å². The van der Waals surface area contributed by atoms with E-state index in [0.717, 1.165) is 29.9 Å². The molecule has 118 valence electrons. The molecule has 3 nitrogen and oxygen atoms in total. The minimum absolute atomic E-state index is 0.704. The second-order valence-electron chi connectivity index (χ2n) is 5.71. The Morgan fingerprint density at radius 2 is 1.75 bits per heavy atom. The SMILES string of the molecule is Cc1ncccc1CNCc1ccc(-c2ccccc2C#N)cc1. The zero-order valence-electron chi connectivity index (χ0n) is 13.7. The van der Waals surface area contributed by atoms with Crippen LogP contribution in [0.1, 0.15) is 22.4 Å². The molecule has 3 heteroatoms. The van der Waals surface area contributed by atoms with Crippen LogP contribution in [0.3, 0.4) is 0 Å². The van der Waals surface area contributed by atoms with E-state index in [9.17, 15) is 5.26 Å². The largest absolute Gasteiger partial charge is 0.309 e. The van der Waals surface area contributed by atoms with E-state index in [2.05, 4.69) is 46.7 Å². The summed E-state index contributed by atoms with van der Waals surface area (Å²) in [6.45, 7) is 3.63. The number of aromatic nitrogens is 1. The molecule has 24 heavy (non-hydrogen) atoms. The van der Waals surface area contributed by atoms with Gasteiger partial charge in [0, 0.05) is 25.0 Å². The molecule has 0 amide bonds. The van der Waals surface area contributed by atoms with Gasteiger partial charge in [-0.2, -0.15) is 5.26 Å². The Hall–Kier alpha value is -2.96. The Bertz CT molecular complexity index is 861. The summed E-state index contributed by atoms with van der Waals surface area (Å²) in [7, 11) is 0. The van der Waals surface area contributed by atoms with Crippen molar-refractivity contribution in [2.24, 2.45) is 0 Å². The summed E-state index contributed by atoms with van der Waals surface area (Å²) in [6.07, 6.45) is 1.82. The highest BCUT2D eigenvalue weighted by molar-refractivity contribution is 5.70. The summed E-state index contributed by atoms with van der Waals surface area (Å²) in [6, 6.07) is 22.3. The van der Waals surface area contributed by atoms with Crippen molar-refractivity contribution in [3.63, 3.8) is 0 Å². The molecule has 0 radical (unpaired) electrons. The van der Waals surface area contributed by atoms with Crippen LogP contribution in [0.5, 0.6) is 0 Å². The third-order valence-electron chi connectivity index (χ3n) is 4.07. The fourth-order valence-corrected chi connectivity index (χ4v) is 2.68. The zero-order valence-corrected chi connectivity index (χ0v) is 13.7. The number of aryl methyl sites for hydroxylation is 1. The maximum Gasteiger partial charge on any atom is 0.0998 e. The Labute approximate surface area is 142 Å². The maximum absolute atomic E-state index is 9.22. The summed E-state index contributed by atoms with van der Waals surface area (Å²) >= 11 is 0. The maximum atomic E-state index is 9.22. The average Bonchev–Trinajstić information content (AvgIpc) is 2.64. The fourth-order valence-electron chi connectivity index (χ4n) is 2.68. The van der Waals surface area contributed by atoms with Crippen LogP contribution in [-0.2, 0) is 13.1 Å². The van der Waals surface area contributed by atoms with Crippen molar-refractivity contribution < 1.29 is 0 Å². The Balaban J connectivity index is 1.65. The van der Waals surface area contributed by atoms with Gasteiger partial charge in [0.2, 0.25) is 0 Å². The molecule has 2 aromatic carbocycles. The van der Waals surface area contributed by atoms with Gasteiger partial charge in [-0.25, -0.2) is 0 Å². The minimum Gasteiger partial charge on any atom is -0.309 e. The Morgan fingerprint density at radius 1 is 0.958 bits per heavy atom. The first-order valence-electron chi connectivity index (χ1n) is 7.97. The van der Waals surface area contributed by atoms with Crippen LogP contribution in [0.15, 0.2) is 66.9 Å². The van der Waals surface area contributed by atoms with Crippen LogP contribution in [0.25, 0.3) is 11.1 Å². The quantitative estimate of drug-likeness (QED) is 0.767. The molecule has 0 aliphatic carbocycles. The highest BCUT2D eigenvalue weighted by Gasteiger charge is 2.04. The smallest absolute Gasteiger partial charge is 0.0998 e. The van der Waals surface area contributed by atoms with E-state index >= 15 is 0 Å². The lowest BCUT2D eigenvalue weighted by Crippen LogP contribution is -2.13. The van der Waals surface area contributed by atoms with Gasteiger partial charge < -0.3 is 5.32 Å². The van der Waals surface area contributed by atoms with Crippen LogP contribution in [0.4, 0.5) is 0 Å². The molecule has 0 saturated heterocycles. The van der Waals surface area contributed by atoms with Crippen LogP contribution in [0, 0.1) is 18.3 Å². The second kappa shape index (κ2) is 7.54. The van der Waals surface area contributed by atoms with E-state index < -0.39 is 0 Å². The molecule has 1 aromatic heterocycles. The molecule has 1 N–H and O–H groups in total. The van der Waals surface area contributed by atoms with E-state index in [4.69, 9.17) is 0 Å². The third kappa shape index (κ3) is 3.68. The molecule has 0 saturated carbocycles. The number of rotatable bonds is 5. The molecule has 1 heterocycles. The van der Waals surface area contributed by atoms with E-state index in [1.807, 2.05) is 43.5 Å². The number of nitrogens with zero attached hydrogens (tertiary/aromatic N) is 2. The van der Waals surface area contributed by atoms with Crippen molar-refractivity contribution in [3.05, 3.63) is 89.2 Å². The monoisotopic (exact) mass is 313 g/mol. The fraction of sp³-hybridized carbons (Fsp3) is 0.143. The molecule has 0 aliphatic rings. The van der Waals surface area contributed by atoms with Crippen molar-refractivity contribution in [3.8, 4) is 17.2 Å². The normalized spacial score (nSPS) is 10.3. The first-order chi connectivity index (χ1) is 11.8. The lowest BCUT2D eigenvalue weighted by Gasteiger charge is -2.09. The lowest BCUT2D eigenvalue weighted by atomic mass is 9.99. The highest BCUT2D eigenvalue weighted by Crippen LogP contribution is 2.23. The predicted molar refractivity (Wildman–Crippen MR) is 96.1 cm³/mol. The molecule has 0 aliphatic heterocycles. The van der Waals surface area contributed by atoms with Crippen LogP contribution in [0.2, 0.25) is 0 Å².